The average Bonchev–Trinajstić information content (AvgIpc) is 2.53. The van der Waals surface area contributed by atoms with Gasteiger partial charge >= 0.3 is 0 Å². The lowest BCUT2D eigenvalue weighted by Crippen LogP contribution is -2.27. The van der Waals surface area contributed by atoms with Gasteiger partial charge in [0.05, 0.1) is 13.3 Å². The highest BCUT2D eigenvalue weighted by atomic mass is 16.5. The molecule has 0 bridgehead atoms. The fourth-order valence-corrected chi connectivity index (χ4v) is 1.19. The smallest absolute Gasteiger partial charge is 0.0894 e. The minimum atomic E-state index is 0.815. The van der Waals surface area contributed by atoms with E-state index in [9.17, 15) is 0 Å². The lowest BCUT2D eigenvalue weighted by molar-refractivity contribution is 0.121. The molecule has 0 saturated carbocycles. The molecule has 12 heavy (non-hydrogen) atoms. The summed E-state index contributed by atoms with van der Waals surface area (Å²) in [6.07, 6.45) is 4.26. The summed E-state index contributed by atoms with van der Waals surface area (Å²) in [6.45, 7) is 8.94. The van der Waals surface area contributed by atoms with Gasteiger partial charge in [0.15, 0.2) is 0 Å². The summed E-state index contributed by atoms with van der Waals surface area (Å²) in [4.78, 5) is 4.53. The summed E-state index contributed by atoms with van der Waals surface area (Å²) in [5.41, 5.74) is 0. The fourth-order valence-electron chi connectivity index (χ4n) is 1.19. The number of ether oxygens (including phenoxy) is 1. The van der Waals surface area contributed by atoms with Crippen LogP contribution in [-0.2, 0) is 4.74 Å². The van der Waals surface area contributed by atoms with Crippen molar-refractivity contribution in [3.05, 3.63) is 12.4 Å². The normalized spacial score (nSPS) is 16.2. The van der Waals surface area contributed by atoms with Crippen LogP contribution in [0.5, 0.6) is 0 Å². The Kier molecular flexibility index (Phi) is 3.94. The predicted molar refractivity (Wildman–Crippen MR) is 49.6 cm³/mol. The molecule has 0 aromatic rings. The Morgan fingerprint density at radius 1 is 1.25 bits per heavy atom. The molecule has 3 heteroatoms. The van der Waals surface area contributed by atoms with Crippen LogP contribution in [0.1, 0.15) is 13.8 Å². The Hall–Kier alpha value is -0.700. The summed E-state index contributed by atoms with van der Waals surface area (Å²) in [7, 11) is 0. The second kappa shape index (κ2) is 5.04. The predicted octanol–water partition coefficient (Wildman–Crippen LogP) is 1.09. The van der Waals surface area contributed by atoms with E-state index in [1.807, 2.05) is 6.92 Å². The van der Waals surface area contributed by atoms with Crippen molar-refractivity contribution in [3.63, 3.8) is 0 Å². The van der Waals surface area contributed by atoms with Gasteiger partial charge in [0, 0.05) is 32.1 Å². The molecule has 0 amide bonds. The van der Waals surface area contributed by atoms with Gasteiger partial charge < -0.3 is 14.5 Å². The minimum absolute atomic E-state index is 0.815. The van der Waals surface area contributed by atoms with Crippen LogP contribution in [0.3, 0.4) is 0 Å². The van der Waals surface area contributed by atoms with Crippen LogP contribution in [0.2, 0.25) is 0 Å². The molecule has 0 unspecified atom stereocenters. The highest BCUT2D eigenvalue weighted by molar-refractivity contribution is 4.89. The van der Waals surface area contributed by atoms with E-state index in [0.717, 1.165) is 33.0 Å². The van der Waals surface area contributed by atoms with Crippen molar-refractivity contribution >= 4 is 0 Å². The number of hydrogen-bond donors (Lipinski definition) is 0. The van der Waals surface area contributed by atoms with Gasteiger partial charge in [0.2, 0.25) is 0 Å². The third-order valence-corrected chi connectivity index (χ3v) is 1.98. The lowest BCUT2D eigenvalue weighted by atomic mass is 10.6. The molecule has 3 nitrogen and oxygen atoms in total. The Morgan fingerprint density at radius 2 is 2.00 bits per heavy atom. The van der Waals surface area contributed by atoms with Crippen LogP contribution in [0.4, 0.5) is 0 Å². The van der Waals surface area contributed by atoms with E-state index >= 15 is 0 Å². The third kappa shape index (κ3) is 2.74. The molecular formula is C9H18N2O. The molecule has 0 saturated heterocycles. The summed E-state index contributed by atoms with van der Waals surface area (Å²) in [5, 5.41) is 0. The topological polar surface area (TPSA) is 15.7 Å². The summed E-state index contributed by atoms with van der Waals surface area (Å²) in [5.74, 6) is 0. The van der Waals surface area contributed by atoms with Crippen molar-refractivity contribution in [2.45, 2.75) is 13.8 Å². The summed E-state index contributed by atoms with van der Waals surface area (Å²) in [6, 6.07) is 0. The molecule has 1 aliphatic rings. The fraction of sp³-hybridized carbons (Fsp3) is 0.778. The van der Waals surface area contributed by atoms with Crippen molar-refractivity contribution in [3.8, 4) is 0 Å². The van der Waals surface area contributed by atoms with Crippen molar-refractivity contribution in [2.24, 2.45) is 0 Å². The molecule has 0 fully saturated rings. The second-order valence-corrected chi connectivity index (χ2v) is 2.85. The molecule has 0 atom stereocenters. The Labute approximate surface area is 74.6 Å². The van der Waals surface area contributed by atoms with Crippen LogP contribution < -0.4 is 0 Å². The highest BCUT2D eigenvalue weighted by Crippen LogP contribution is 2.04. The van der Waals surface area contributed by atoms with Gasteiger partial charge in [-0.2, -0.15) is 0 Å². The first kappa shape index (κ1) is 9.39. The molecule has 0 aromatic carbocycles. The Morgan fingerprint density at radius 3 is 2.58 bits per heavy atom. The van der Waals surface area contributed by atoms with Gasteiger partial charge in [-0.15, -0.1) is 0 Å². The van der Waals surface area contributed by atoms with E-state index in [2.05, 4.69) is 29.1 Å². The zero-order chi connectivity index (χ0) is 8.81. The molecule has 1 heterocycles. The van der Waals surface area contributed by atoms with E-state index in [1.165, 1.54) is 0 Å². The first-order valence-electron chi connectivity index (χ1n) is 4.61. The maximum Gasteiger partial charge on any atom is 0.0894 e. The summed E-state index contributed by atoms with van der Waals surface area (Å²) >= 11 is 0. The van der Waals surface area contributed by atoms with Gasteiger partial charge in [-0.1, -0.05) is 0 Å². The third-order valence-electron chi connectivity index (χ3n) is 1.98. The molecule has 0 radical (unpaired) electrons. The Balaban J connectivity index is 2.08. The van der Waals surface area contributed by atoms with Gasteiger partial charge in [-0.25, -0.2) is 0 Å². The molecular weight excluding hydrogens is 152 g/mol. The summed E-state index contributed by atoms with van der Waals surface area (Å²) < 4.78 is 5.27. The minimum Gasteiger partial charge on any atom is -0.380 e. The zero-order valence-electron chi connectivity index (χ0n) is 7.99. The largest absolute Gasteiger partial charge is 0.380 e. The van der Waals surface area contributed by atoms with Crippen LogP contribution in [-0.4, -0.2) is 42.8 Å². The monoisotopic (exact) mass is 170 g/mol. The van der Waals surface area contributed by atoms with Crippen molar-refractivity contribution in [1.82, 2.24) is 9.80 Å². The second-order valence-electron chi connectivity index (χ2n) is 2.85. The maximum absolute atomic E-state index is 5.27. The van der Waals surface area contributed by atoms with Crippen LogP contribution in [0.15, 0.2) is 12.4 Å². The molecule has 0 aliphatic carbocycles. The van der Waals surface area contributed by atoms with Gasteiger partial charge in [0.25, 0.3) is 0 Å². The first-order valence-corrected chi connectivity index (χ1v) is 4.61. The standard InChI is InChI=1S/C9H18N2O/c1-3-10-5-6-11(9-10)7-8-12-4-2/h5-6H,3-4,7-9H2,1-2H3. The van der Waals surface area contributed by atoms with Crippen LogP contribution in [0.25, 0.3) is 0 Å². The SMILES string of the molecule is CCOCCN1C=CN(CC)C1. The van der Waals surface area contributed by atoms with Gasteiger partial charge in [0.1, 0.15) is 0 Å². The van der Waals surface area contributed by atoms with Crippen LogP contribution >= 0.6 is 0 Å². The number of nitrogens with zero attached hydrogens (tertiary/aromatic N) is 2. The highest BCUT2D eigenvalue weighted by Gasteiger charge is 2.08. The van der Waals surface area contributed by atoms with Gasteiger partial charge in [-0.05, 0) is 13.8 Å². The molecule has 1 rings (SSSR count). The van der Waals surface area contributed by atoms with Crippen LogP contribution in [0, 0.1) is 0 Å². The van der Waals surface area contributed by atoms with Crippen molar-refractivity contribution in [1.29, 1.82) is 0 Å². The molecule has 0 aromatic heterocycles. The lowest BCUT2D eigenvalue weighted by Gasteiger charge is -2.19. The van der Waals surface area contributed by atoms with E-state index in [1.54, 1.807) is 0 Å². The Bertz CT molecular complexity index is 147. The zero-order valence-corrected chi connectivity index (χ0v) is 7.99. The van der Waals surface area contributed by atoms with Crippen molar-refractivity contribution in [2.75, 3.05) is 33.0 Å². The first-order chi connectivity index (χ1) is 5.86. The molecule has 70 valence electrons. The number of rotatable bonds is 5. The average molecular weight is 170 g/mol. The van der Waals surface area contributed by atoms with E-state index in [4.69, 9.17) is 4.74 Å². The maximum atomic E-state index is 5.27. The van der Waals surface area contributed by atoms with Crippen molar-refractivity contribution < 1.29 is 4.74 Å². The van der Waals surface area contributed by atoms with E-state index in [-0.39, 0.29) is 0 Å². The molecule has 0 N–H and O–H groups in total. The van der Waals surface area contributed by atoms with E-state index < -0.39 is 0 Å². The quantitative estimate of drug-likeness (QED) is 0.574. The number of hydrogen-bond acceptors (Lipinski definition) is 3. The van der Waals surface area contributed by atoms with E-state index in [0.29, 0.717) is 0 Å². The molecule has 1 aliphatic heterocycles. The van der Waals surface area contributed by atoms with Gasteiger partial charge in [-0.3, -0.25) is 0 Å². The molecule has 0 spiro atoms.